The highest BCUT2D eigenvalue weighted by Crippen LogP contribution is 2.34. The van der Waals surface area contributed by atoms with Gasteiger partial charge in [0, 0.05) is 22.0 Å². The minimum Gasteiger partial charge on any atom is -0.487 e. The van der Waals surface area contributed by atoms with E-state index in [-0.39, 0.29) is 30.9 Å². The highest BCUT2D eigenvalue weighted by Gasteiger charge is 2.20. The van der Waals surface area contributed by atoms with Crippen LogP contribution in [0.25, 0.3) is 22.2 Å². The van der Waals surface area contributed by atoms with Crippen LogP contribution in [0.2, 0.25) is 5.02 Å². The maximum atomic E-state index is 13.5. The zero-order valence-electron chi connectivity index (χ0n) is 24.5. The molecule has 230 valence electrons. The Hall–Kier alpha value is -3.64. The Balaban J connectivity index is 1.30. The number of nitrogens with zero attached hydrogens (tertiary/aromatic N) is 3. The van der Waals surface area contributed by atoms with E-state index in [0.717, 1.165) is 27.2 Å². The summed E-state index contributed by atoms with van der Waals surface area (Å²) >= 11 is 7.99. The first-order valence-corrected chi connectivity index (χ1v) is 17.1. The third-order valence-corrected chi connectivity index (χ3v) is 10.4. The molecule has 0 saturated carbocycles. The average molecular weight is 655 g/mol. The average Bonchev–Trinajstić information content (AvgIpc) is 3.49. The number of thiazole rings is 1. The molecule has 5 rings (SSSR count). The Morgan fingerprint density at radius 3 is 2.66 bits per heavy atom. The van der Waals surface area contributed by atoms with Crippen LogP contribution < -0.4 is 10.1 Å². The molecular formula is C32H32ClFN4O4S2. The van der Waals surface area contributed by atoms with Crippen molar-refractivity contribution in [2.75, 3.05) is 17.7 Å². The molecule has 1 unspecified atom stereocenters. The van der Waals surface area contributed by atoms with Crippen molar-refractivity contribution in [2.45, 2.75) is 45.2 Å². The number of rotatable bonds is 13. The number of fused-ring (bicyclic) bond motifs is 1. The van der Waals surface area contributed by atoms with Crippen LogP contribution in [0, 0.1) is 5.82 Å². The molecule has 0 fully saturated rings. The summed E-state index contributed by atoms with van der Waals surface area (Å²) in [6, 6.07) is 17.4. The lowest BCUT2D eigenvalue weighted by Gasteiger charge is -2.14. The Morgan fingerprint density at radius 1 is 1.07 bits per heavy atom. The van der Waals surface area contributed by atoms with Crippen molar-refractivity contribution >= 4 is 55.2 Å². The van der Waals surface area contributed by atoms with Gasteiger partial charge in [-0.25, -0.2) is 27.8 Å². The van der Waals surface area contributed by atoms with Gasteiger partial charge in [-0.2, -0.15) is 0 Å². The Kier molecular flexibility index (Phi) is 10.1. The number of aromatic nitrogens is 3. The molecule has 0 bridgehead atoms. The minimum atomic E-state index is -3.17. The van der Waals surface area contributed by atoms with Crippen molar-refractivity contribution in [3.05, 3.63) is 93.8 Å². The molecule has 3 aromatic carbocycles. The molecule has 2 heterocycles. The second kappa shape index (κ2) is 14.0. The van der Waals surface area contributed by atoms with Gasteiger partial charge in [0.2, 0.25) is 0 Å². The number of ether oxygens (including phenoxy) is 2. The first-order valence-electron chi connectivity index (χ1n) is 14.1. The second-order valence-corrected chi connectivity index (χ2v) is 14.4. The molecule has 1 N–H and O–H groups in total. The van der Waals surface area contributed by atoms with Crippen molar-refractivity contribution < 1.29 is 22.3 Å². The number of nitrogens with one attached hydrogen (secondary N) is 1. The highest BCUT2D eigenvalue weighted by atomic mass is 35.5. The third kappa shape index (κ3) is 7.71. The van der Waals surface area contributed by atoms with Crippen LogP contribution in [-0.2, 0) is 21.2 Å². The molecule has 0 spiro atoms. The van der Waals surface area contributed by atoms with Crippen LogP contribution in [0.15, 0.2) is 72.4 Å². The predicted molar refractivity (Wildman–Crippen MR) is 174 cm³/mol. The molecule has 8 nitrogen and oxygen atoms in total. The van der Waals surface area contributed by atoms with Gasteiger partial charge in [-0.15, -0.1) is 11.3 Å². The van der Waals surface area contributed by atoms with Crippen LogP contribution in [0.4, 0.5) is 15.9 Å². The van der Waals surface area contributed by atoms with E-state index >= 15 is 0 Å². The molecule has 44 heavy (non-hydrogen) atoms. The fourth-order valence-corrected chi connectivity index (χ4v) is 6.40. The number of anilines is 2. The lowest BCUT2D eigenvalue weighted by molar-refractivity contribution is 0.0609. The molecule has 0 radical (unpaired) electrons. The summed E-state index contributed by atoms with van der Waals surface area (Å²) in [5.41, 5.74) is 3.82. The molecule has 0 amide bonds. The van der Waals surface area contributed by atoms with Gasteiger partial charge in [-0.1, -0.05) is 36.7 Å². The van der Waals surface area contributed by atoms with Crippen molar-refractivity contribution in [3.8, 4) is 17.0 Å². The summed E-state index contributed by atoms with van der Waals surface area (Å²) in [5.74, 6) is 0.735. The normalized spacial score (nSPS) is 12.5. The Morgan fingerprint density at radius 2 is 1.91 bits per heavy atom. The summed E-state index contributed by atoms with van der Waals surface area (Å²) < 4.78 is 49.5. The van der Waals surface area contributed by atoms with Gasteiger partial charge in [0.1, 0.15) is 41.4 Å². The van der Waals surface area contributed by atoms with E-state index in [1.165, 1.54) is 29.8 Å². The van der Waals surface area contributed by atoms with Crippen molar-refractivity contribution in [2.24, 2.45) is 0 Å². The van der Waals surface area contributed by atoms with E-state index in [1.54, 1.807) is 38.1 Å². The molecule has 0 aliphatic heterocycles. The lowest BCUT2D eigenvalue weighted by Crippen LogP contribution is -2.21. The van der Waals surface area contributed by atoms with Crippen LogP contribution in [0.3, 0.4) is 0 Å². The van der Waals surface area contributed by atoms with Crippen molar-refractivity contribution in [1.82, 2.24) is 15.0 Å². The van der Waals surface area contributed by atoms with Crippen LogP contribution >= 0.6 is 22.9 Å². The van der Waals surface area contributed by atoms with Gasteiger partial charge < -0.3 is 14.8 Å². The van der Waals surface area contributed by atoms with Gasteiger partial charge in [-0.05, 0) is 68.3 Å². The van der Waals surface area contributed by atoms with Gasteiger partial charge in [0.25, 0.3) is 0 Å². The third-order valence-electron chi connectivity index (χ3n) is 6.98. The van der Waals surface area contributed by atoms with E-state index in [4.69, 9.17) is 26.1 Å². The van der Waals surface area contributed by atoms with E-state index in [2.05, 4.69) is 15.3 Å². The van der Waals surface area contributed by atoms with Crippen molar-refractivity contribution in [1.29, 1.82) is 0 Å². The quantitative estimate of drug-likeness (QED) is 0.136. The summed E-state index contributed by atoms with van der Waals surface area (Å²) in [6.07, 6.45) is 1.88. The van der Waals surface area contributed by atoms with Crippen LogP contribution in [0.5, 0.6) is 5.75 Å². The molecule has 2 aromatic heterocycles. The molecule has 0 aliphatic carbocycles. The predicted octanol–water partition coefficient (Wildman–Crippen LogP) is 8.16. The number of hydrogen-bond acceptors (Lipinski definition) is 9. The molecule has 1 atom stereocenters. The summed E-state index contributed by atoms with van der Waals surface area (Å²) in [6.45, 7) is 5.65. The lowest BCUT2D eigenvalue weighted by atomic mass is 10.1. The smallest absolute Gasteiger partial charge is 0.154 e. The summed E-state index contributed by atoms with van der Waals surface area (Å²) in [7, 11) is -3.17. The number of sulfone groups is 1. The molecule has 12 heteroatoms. The second-order valence-electron chi connectivity index (χ2n) is 10.4. The first-order chi connectivity index (χ1) is 21.1. The Labute approximate surface area is 265 Å². The fourth-order valence-electron chi connectivity index (χ4n) is 4.41. The first kappa shape index (κ1) is 31.8. The van der Waals surface area contributed by atoms with E-state index in [9.17, 15) is 12.8 Å². The van der Waals surface area contributed by atoms with Gasteiger partial charge in [0.05, 0.1) is 33.8 Å². The molecule has 0 saturated heterocycles. The van der Waals surface area contributed by atoms with E-state index < -0.39 is 15.1 Å². The standard InChI is InChI=1S/C32H32ClFN4O4S2/c1-4-29(41-12-13-44(39,40)20(2)3)32-38-28(18-43-32)22-8-10-27-25(15-22)31(36-19-35-27)37-24-9-11-30(26(33)16-24)42-17-21-6-5-7-23(34)14-21/h5-11,14-16,18-20,29H,4,12-13,17H2,1-3H3,(H,35,36,37). The highest BCUT2D eigenvalue weighted by molar-refractivity contribution is 7.92. The topological polar surface area (TPSA) is 103 Å². The van der Waals surface area contributed by atoms with Crippen LogP contribution in [0.1, 0.15) is 43.9 Å². The zero-order valence-corrected chi connectivity index (χ0v) is 26.8. The van der Waals surface area contributed by atoms with E-state index in [0.29, 0.717) is 34.3 Å². The molecule has 0 aliphatic rings. The van der Waals surface area contributed by atoms with Crippen molar-refractivity contribution in [3.63, 3.8) is 0 Å². The monoisotopic (exact) mass is 654 g/mol. The van der Waals surface area contributed by atoms with Gasteiger partial charge in [-0.3, -0.25) is 0 Å². The zero-order chi connectivity index (χ0) is 31.3. The maximum absolute atomic E-state index is 13.5. The Bertz CT molecular complexity index is 1870. The summed E-state index contributed by atoms with van der Waals surface area (Å²) in [5, 5.41) is 6.84. The molecular weight excluding hydrogens is 623 g/mol. The maximum Gasteiger partial charge on any atom is 0.154 e. The number of halogens is 2. The summed E-state index contributed by atoms with van der Waals surface area (Å²) in [4.78, 5) is 13.7. The number of hydrogen-bond donors (Lipinski definition) is 1. The van der Waals surface area contributed by atoms with Crippen LogP contribution in [-0.4, -0.2) is 41.0 Å². The van der Waals surface area contributed by atoms with Gasteiger partial charge in [0.15, 0.2) is 9.84 Å². The minimum absolute atomic E-state index is 0.0181. The number of benzene rings is 3. The van der Waals surface area contributed by atoms with Gasteiger partial charge >= 0.3 is 0 Å². The SMILES string of the molecule is CCC(OCCS(=O)(=O)C(C)C)c1nc(-c2ccc3ncnc(Nc4ccc(OCc5cccc(F)c5)c(Cl)c4)c3c2)cs1. The largest absolute Gasteiger partial charge is 0.487 e. The fraction of sp³-hybridized carbons (Fsp3) is 0.281. The molecule has 5 aromatic rings. The van der Waals surface area contributed by atoms with E-state index in [1.807, 2.05) is 36.6 Å².